The molecule has 0 spiro atoms. The summed E-state index contributed by atoms with van der Waals surface area (Å²) in [6, 6.07) is 1.08. The van der Waals surface area contributed by atoms with Crippen LogP contribution in [0.4, 0.5) is 8.78 Å². The van der Waals surface area contributed by atoms with Gasteiger partial charge in [0.2, 0.25) is 0 Å². The third kappa shape index (κ3) is 2.38. The first-order valence-corrected chi connectivity index (χ1v) is 5.20. The number of nitrogens with zero attached hydrogens (tertiary/aromatic N) is 1. The van der Waals surface area contributed by atoms with Crippen molar-refractivity contribution in [2.24, 2.45) is 0 Å². The Morgan fingerprint density at radius 2 is 2.29 bits per heavy atom. The van der Waals surface area contributed by atoms with E-state index in [-0.39, 0.29) is 11.4 Å². The highest BCUT2D eigenvalue weighted by molar-refractivity contribution is 14.1. The first-order chi connectivity index (χ1) is 6.60. The molecule has 1 aromatic rings. The van der Waals surface area contributed by atoms with Crippen molar-refractivity contribution < 1.29 is 13.6 Å². The fourth-order valence-corrected chi connectivity index (χ4v) is 1.93. The zero-order valence-electron chi connectivity index (χ0n) is 6.81. The van der Waals surface area contributed by atoms with Gasteiger partial charge in [0.15, 0.2) is 6.29 Å². The van der Waals surface area contributed by atoms with Gasteiger partial charge < -0.3 is 0 Å². The van der Waals surface area contributed by atoms with E-state index in [2.05, 4.69) is 4.98 Å². The number of alkyl halides is 3. The van der Waals surface area contributed by atoms with Crippen molar-refractivity contribution >= 4 is 40.5 Å². The Hall–Kier alpha value is -0.300. The van der Waals surface area contributed by atoms with Crippen LogP contribution >= 0.6 is 34.2 Å². The number of aldehydes is 1. The van der Waals surface area contributed by atoms with Crippen LogP contribution in [-0.2, 0) is 5.88 Å². The van der Waals surface area contributed by atoms with E-state index >= 15 is 0 Å². The molecule has 0 saturated heterocycles. The Kier molecular flexibility index (Phi) is 4.18. The zero-order chi connectivity index (χ0) is 10.7. The third-order valence-electron chi connectivity index (χ3n) is 1.55. The van der Waals surface area contributed by atoms with Crippen molar-refractivity contribution in [2.75, 3.05) is 0 Å². The zero-order valence-corrected chi connectivity index (χ0v) is 9.72. The third-order valence-corrected chi connectivity index (χ3v) is 3.05. The van der Waals surface area contributed by atoms with Crippen molar-refractivity contribution in [3.05, 3.63) is 26.6 Å². The molecule has 0 aliphatic rings. The second-order valence-electron chi connectivity index (χ2n) is 2.45. The maximum Gasteiger partial charge on any atom is 0.280 e. The smallest absolute Gasteiger partial charge is 0.280 e. The Morgan fingerprint density at radius 3 is 2.71 bits per heavy atom. The highest BCUT2D eigenvalue weighted by atomic mass is 127. The molecular weight excluding hydrogens is 326 g/mol. The molecule has 1 heterocycles. The molecule has 1 aromatic heterocycles. The summed E-state index contributed by atoms with van der Waals surface area (Å²) in [4.78, 5) is 14.2. The number of pyridine rings is 1. The van der Waals surface area contributed by atoms with Crippen LogP contribution in [-0.4, -0.2) is 11.3 Å². The number of carbonyl (C=O) groups excluding carboxylic acids is 1. The lowest BCUT2D eigenvalue weighted by Gasteiger charge is -2.06. The fourth-order valence-electron chi connectivity index (χ4n) is 0.913. The van der Waals surface area contributed by atoms with Gasteiger partial charge in [-0.3, -0.25) is 4.79 Å². The van der Waals surface area contributed by atoms with E-state index in [1.807, 2.05) is 22.6 Å². The summed E-state index contributed by atoms with van der Waals surface area (Å²) in [5.74, 6) is 0.0136. The standard InChI is InChI=1S/C8H5ClF2INO/c9-2-6-7(12)4(3-14)1-5(13-6)8(10)11/h1,3,8H,2H2. The van der Waals surface area contributed by atoms with E-state index in [0.717, 1.165) is 6.07 Å². The topological polar surface area (TPSA) is 30.0 Å². The van der Waals surface area contributed by atoms with Crippen molar-refractivity contribution in [3.8, 4) is 0 Å². The van der Waals surface area contributed by atoms with E-state index in [1.54, 1.807) is 0 Å². The lowest BCUT2D eigenvalue weighted by atomic mass is 10.2. The number of halogens is 4. The van der Waals surface area contributed by atoms with Gasteiger partial charge in [0.1, 0.15) is 5.69 Å². The minimum atomic E-state index is -2.69. The summed E-state index contributed by atoms with van der Waals surface area (Å²) < 4.78 is 25.1. The average Bonchev–Trinajstić information content (AvgIpc) is 2.17. The lowest BCUT2D eigenvalue weighted by Crippen LogP contribution is -2.02. The van der Waals surface area contributed by atoms with Crippen LogP contribution < -0.4 is 0 Å². The van der Waals surface area contributed by atoms with Crippen LogP contribution in [0.15, 0.2) is 6.07 Å². The maximum atomic E-state index is 12.3. The summed E-state index contributed by atoms with van der Waals surface area (Å²) >= 11 is 7.37. The lowest BCUT2D eigenvalue weighted by molar-refractivity contribution is 0.112. The second-order valence-corrected chi connectivity index (χ2v) is 3.80. The Bertz CT molecular complexity index is 359. The van der Waals surface area contributed by atoms with E-state index in [1.165, 1.54) is 0 Å². The number of aromatic nitrogens is 1. The highest BCUT2D eigenvalue weighted by Crippen LogP contribution is 2.23. The van der Waals surface area contributed by atoms with Gasteiger partial charge in [0.25, 0.3) is 6.43 Å². The molecule has 0 aliphatic heterocycles. The molecule has 0 unspecified atom stereocenters. The van der Waals surface area contributed by atoms with Crippen molar-refractivity contribution in [3.63, 3.8) is 0 Å². The van der Waals surface area contributed by atoms with Crippen molar-refractivity contribution in [1.29, 1.82) is 0 Å². The maximum absolute atomic E-state index is 12.3. The molecule has 76 valence electrons. The Morgan fingerprint density at radius 1 is 1.64 bits per heavy atom. The van der Waals surface area contributed by atoms with E-state index in [4.69, 9.17) is 11.6 Å². The minimum Gasteiger partial charge on any atom is -0.298 e. The second kappa shape index (κ2) is 4.97. The van der Waals surface area contributed by atoms with E-state index in [9.17, 15) is 13.6 Å². The molecule has 0 radical (unpaired) electrons. The molecule has 0 saturated carbocycles. The van der Waals surface area contributed by atoms with E-state index in [0.29, 0.717) is 15.6 Å². The predicted octanol–water partition coefficient (Wildman–Crippen LogP) is 3.18. The molecule has 0 atom stereocenters. The SMILES string of the molecule is O=Cc1cc(C(F)F)nc(CCl)c1I. The van der Waals surface area contributed by atoms with Crippen molar-refractivity contribution in [2.45, 2.75) is 12.3 Å². The summed E-state index contributed by atoms with van der Waals surface area (Å²) in [6.45, 7) is 0. The summed E-state index contributed by atoms with van der Waals surface area (Å²) in [7, 11) is 0. The summed E-state index contributed by atoms with van der Waals surface area (Å²) in [6.07, 6.45) is -2.17. The van der Waals surface area contributed by atoms with Gasteiger partial charge in [-0.2, -0.15) is 0 Å². The fraction of sp³-hybridized carbons (Fsp3) is 0.250. The number of carbonyl (C=O) groups is 1. The van der Waals surface area contributed by atoms with Gasteiger partial charge >= 0.3 is 0 Å². The van der Waals surface area contributed by atoms with Crippen LogP contribution in [0.1, 0.15) is 28.2 Å². The Labute approximate surface area is 97.8 Å². The molecule has 0 bridgehead atoms. The molecular formula is C8H5ClF2INO. The first kappa shape index (κ1) is 11.8. The first-order valence-electron chi connectivity index (χ1n) is 3.58. The van der Waals surface area contributed by atoms with Crippen LogP contribution in [0.3, 0.4) is 0 Å². The van der Waals surface area contributed by atoms with Crippen molar-refractivity contribution in [1.82, 2.24) is 4.98 Å². The quantitative estimate of drug-likeness (QED) is 0.484. The molecule has 14 heavy (non-hydrogen) atoms. The Balaban J connectivity index is 3.31. The monoisotopic (exact) mass is 331 g/mol. The molecule has 0 aliphatic carbocycles. The molecule has 0 N–H and O–H groups in total. The number of rotatable bonds is 3. The largest absolute Gasteiger partial charge is 0.298 e. The van der Waals surface area contributed by atoms with Crippen LogP contribution in [0.25, 0.3) is 0 Å². The average molecular weight is 331 g/mol. The predicted molar refractivity (Wildman–Crippen MR) is 56.9 cm³/mol. The van der Waals surface area contributed by atoms with Gasteiger partial charge in [-0.25, -0.2) is 13.8 Å². The van der Waals surface area contributed by atoms with Crippen LogP contribution in [0, 0.1) is 3.57 Å². The van der Waals surface area contributed by atoms with Crippen LogP contribution in [0.5, 0.6) is 0 Å². The molecule has 0 amide bonds. The molecule has 1 rings (SSSR count). The minimum absolute atomic E-state index is 0.0136. The molecule has 0 aromatic carbocycles. The van der Waals surface area contributed by atoms with Gasteiger partial charge in [-0.05, 0) is 28.7 Å². The van der Waals surface area contributed by atoms with Gasteiger partial charge in [0, 0.05) is 9.13 Å². The number of hydrogen-bond acceptors (Lipinski definition) is 2. The van der Waals surface area contributed by atoms with Gasteiger partial charge in [0.05, 0.1) is 11.6 Å². The molecule has 2 nitrogen and oxygen atoms in total. The highest BCUT2D eigenvalue weighted by Gasteiger charge is 2.15. The van der Waals surface area contributed by atoms with Gasteiger partial charge in [-0.1, -0.05) is 0 Å². The van der Waals surface area contributed by atoms with E-state index < -0.39 is 12.1 Å². The van der Waals surface area contributed by atoms with Gasteiger partial charge in [-0.15, -0.1) is 11.6 Å². The summed E-state index contributed by atoms with van der Waals surface area (Å²) in [5, 5.41) is 0. The molecule has 6 heteroatoms. The molecule has 0 fully saturated rings. The normalized spacial score (nSPS) is 10.6. The van der Waals surface area contributed by atoms with Crippen LogP contribution in [0.2, 0.25) is 0 Å². The summed E-state index contributed by atoms with van der Waals surface area (Å²) in [5.41, 5.74) is 0.0990. The number of hydrogen-bond donors (Lipinski definition) is 0.